The van der Waals surface area contributed by atoms with Gasteiger partial charge in [0.05, 0.1) is 6.04 Å². The number of rotatable bonds is 2. The van der Waals surface area contributed by atoms with Gasteiger partial charge in [-0.1, -0.05) is 0 Å². The summed E-state index contributed by atoms with van der Waals surface area (Å²) >= 11 is 0. The molecule has 0 radical (unpaired) electrons. The SMILES string of the molecule is CNC(=O)NC(C)c1ccn(C)c1. The zero-order valence-corrected chi connectivity index (χ0v) is 8.16. The van der Waals surface area contributed by atoms with E-state index in [-0.39, 0.29) is 12.1 Å². The van der Waals surface area contributed by atoms with Crippen molar-refractivity contribution in [2.24, 2.45) is 7.05 Å². The fourth-order valence-corrected chi connectivity index (χ4v) is 1.13. The minimum Gasteiger partial charge on any atom is -0.357 e. The summed E-state index contributed by atoms with van der Waals surface area (Å²) in [7, 11) is 3.56. The maximum absolute atomic E-state index is 11.0. The van der Waals surface area contributed by atoms with E-state index in [1.165, 1.54) is 0 Å². The van der Waals surface area contributed by atoms with Crippen molar-refractivity contribution in [2.45, 2.75) is 13.0 Å². The molecule has 2 N–H and O–H groups in total. The lowest BCUT2D eigenvalue weighted by molar-refractivity contribution is 0.240. The Balaban J connectivity index is 2.58. The van der Waals surface area contributed by atoms with Gasteiger partial charge in [-0.3, -0.25) is 0 Å². The minimum absolute atomic E-state index is 0.0427. The summed E-state index contributed by atoms with van der Waals surface area (Å²) in [6, 6.07) is 1.87. The van der Waals surface area contributed by atoms with Crippen LogP contribution in [0.15, 0.2) is 18.5 Å². The maximum Gasteiger partial charge on any atom is 0.315 e. The number of hydrogen-bond acceptors (Lipinski definition) is 1. The molecular weight excluding hydrogens is 166 g/mol. The molecule has 1 rings (SSSR count). The van der Waals surface area contributed by atoms with Gasteiger partial charge in [-0.05, 0) is 18.6 Å². The normalized spacial score (nSPS) is 12.2. The summed E-state index contributed by atoms with van der Waals surface area (Å²) in [5.74, 6) is 0. The molecule has 1 aromatic heterocycles. The second-order valence-electron chi connectivity index (χ2n) is 3.06. The Morgan fingerprint density at radius 1 is 1.62 bits per heavy atom. The first kappa shape index (κ1) is 9.64. The van der Waals surface area contributed by atoms with Crippen molar-refractivity contribution in [3.63, 3.8) is 0 Å². The third kappa shape index (κ3) is 2.50. The molecule has 2 amide bonds. The third-order valence-electron chi connectivity index (χ3n) is 1.93. The molecule has 0 aliphatic rings. The highest BCUT2D eigenvalue weighted by Crippen LogP contribution is 2.11. The van der Waals surface area contributed by atoms with Crippen LogP contribution >= 0.6 is 0 Å². The number of nitrogens with one attached hydrogen (secondary N) is 2. The Morgan fingerprint density at radius 3 is 2.77 bits per heavy atom. The summed E-state index contributed by atoms with van der Waals surface area (Å²) in [6.45, 7) is 1.95. The molecule has 0 saturated carbocycles. The number of hydrogen-bond donors (Lipinski definition) is 2. The van der Waals surface area contributed by atoms with Gasteiger partial charge in [-0.25, -0.2) is 4.79 Å². The number of aromatic nitrogens is 1. The fraction of sp³-hybridized carbons (Fsp3) is 0.444. The van der Waals surface area contributed by atoms with Crippen LogP contribution in [0.1, 0.15) is 18.5 Å². The number of carbonyl (C=O) groups is 1. The molecule has 0 fully saturated rings. The zero-order valence-electron chi connectivity index (χ0n) is 8.16. The molecule has 1 atom stereocenters. The van der Waals surface area contributed by atoms with E-state index >= 15 is 0 Å². The first-order chi connectivity index (χ1) is 6.13. The van der Waals surface area contributed by atoms with Crippen LogP contribution in [-0.2, 0) is 7.05 Å². The van der Waals surface area contributed by atoms with Crippen molar-refractivity contribution in [1.29, 1.82) is 0 Å². The van der Waals surface area contributed by atoms with Crippen LogP contribution in [0.25, 0.3) is 0 Å². The molecule has 0 bridgehead atoms. The van der Waals surface area contributed by atoms with Crippen LogP contribution in [0, 0.1) is 0 Å². The standard InChI is InChI=1S/C9H15N3O/c1-7(11-9(13)10-2)8-4-5-12(3)6-8/h4-7H,1-3H3,(H2,10,11,13). The maximum atomic E-state index is 11.0. The monoisotopic (exact) mass is 181 g/mol. The molecule has 1 aromatic rings. The smallest absolute Gasteiger partial charge is 0.315 e. The molecule has 1 unspecified atom stereocenters. The third-order valence-corrected chi connectivity index (χ3v) is 1.93. The van der Waals surface area contributed by atoms with Crippen molar-refractivity contribution < 1.29 is 4.79 Å². The highest BCUT2D eigenvalue weighted by molar-refractivity contribution is 5.73. The molecule has 13 heavy (non-hydrogen) atoms. The van der Waals surface area contributed by atoms with E-state index in [1.54, 1.807) is 7.05 Å². The van der Waals surface area contributed by atoms with E-state index in [9.17, 15) is 4.79 Å². The molecule has 4 nitrogen and oxygen atoms in total. The van der Waals surface area contributed by atoms with Crippen molar-refractivity contribution in [1.82, 2.24) is 15.2 Å². The van der Waals surface area contributed by atoms with Crippen molar-refractivity contribution in [2.75, 3.05) is 7.05 Å². The predicted molar refractivity (Wildman–Crippen MR) is 51.4 cm³/mol. The summed E-state index contributed by atoms with van der Waals surface area (Å²) in [5.41, 5.74) is 1.10. The molecule has 4 heteroatoms. The van der Waals surface area contributed by atoms with Crippen LogP contribution in [0.3, 0.4) is 0 Å². The molecule has 1 heterocycles. The largest absolute Gasteiger partial charge is 0.357 e. The molecule has 0 spiro atoms. The van der Waals surface area contributed by atoms with E-state index < -0.39 is 0 Å². The Labute approximate surface area is 77.9 Å². The summed E-state index contributed by atoms with van der Waals surface area (Å²) in [4.78, 5) is 11.0. The second kappa shape index (κ2) is 3.98. The van der Waals surface area contributed by atoms with Crippen LogP contribution in [0.4, 0.5) is 4.79 Å². The summed E-state index contributed by atoms with van der Waals surface area (Å²) < 4.78 is 1.96. The molecular formula is C9H15N3O. The van der Waals surface area contributed by atoms with Crippen LogP contribution in [0.2, 0.25) is 0 Å². The van der Waals surface area contributed by atoms with Crippen LogP contribution in [0.5, 0.6) is 0 Å². The summed E-state index contributed by atoms with van der Waals surface area (Å²) in [6.07, 6.45) is 3.94. The first-order valence-corrected chi connectivity index (χ1v) is 4.23. The number of urea groups is 1. The molecule has 0 aliphatic carbocycles. The van der Waals surface area contributed by atoms with E-state index in [0.717, 1.165) is 5.56 Å². The quantitative estimate of drug-likeness (QED) is 0.703. The fourth-order valence-electron chi connectivity index (χ4n) is 1.13. The van der Waals surface area contributed by atoms with Gasteiger partial charge in [-0.15, -0.1) is 0 Å². The predicted octanol–water partition coefficient (Wildman–Crippen LogP) is 1.02. The van der Waals surface area contributed by atoms with Gasteiger partial charge in [-0.2, -0.15) is 0 Å². The van der Waals surface area contributed by atoms with Gasteiger partial charge in [0, 0.05) is 26.5 Å². The number of aryl methyl sites for hydroxylation is 1. The Kier molecular flexibility index (Phi) is 2.95. The Morgan fingerprint density at radius 2 is 2.31 bits per heavy atom. The van der Waals surface area contributed by atoms with Crippen molar-refractivity contribution in [3.8, 4) is 0 Å². The van der Waals surface area contributed by atoms with Gasteiger partial charge in [0.2, 0.25) is 0 Å². The van der Waals surface area contributed by atoms with E-state index in [4.69, 9.17) is 0 Å². The van der Waals surface area contributed by atoms with Gasteiger partial charge in [0.15, 0.2) is 0 Å². The van der Waals surface area contributed by atoms with E-state index in [2.05, 4.69) is 10.6 Å². The zero-order chi connectivity index (χ0) is 9.84. The second-order valence-corrected chi connectivity index (χ2v) is 3.06. The lowest BCUT2D eigenvalue weighted by Crippen LogP contribution is -2.34. The number of carbonyl (C=O) groups excluding carboxylic acids is 1. The van der Waals surface area contributed by atoms with Crippen LogP contribution < -0.4 is 10.6 Å². The van der Waals surface area contributed by atoms with Gasteiger partial charge < -0.3 is 15.2 Å². The highest BCUT2D eigenvalue weighted by Gasteiger charge is 2.08. The van der Waals surface area contributed by atoms with Gasteiger partial charge in [0.25, 0.3) is 0 Å². The Bertz CT molecular complexity index is 293. The van der Waals surface area contributed by atoms with Gasteiger partial charge in [0.1, 0.15) is 0 Å². The van der Waals surface area contributed by atoms with E-state index in [0.29, 0.717) is 0 Å². The Hall–Kier alpha value is -1.45. The van der Waals surface area contributed by atoms with E-state index in [1.807, 2.05) is 37.0 Å². The average molecular weight is 181 g/mol. The number of nitrogens with zero attached hydrogens (tertiary/aromatic N) is 1. The molecule has 0 saturated heterocycles. The number of amides is 2. The first-order valence-electron chi connectivity index (χ1n) is 4.23. The summed E-state index contributed by atoms with van der Waals surface area (Å²) in [5, 5.41) is 5.31. The van der Waals surface area contributed by atoms with Crippen molar-refractivity contribution in [3.05, 3.63) is 24.0 Å². The van der Waals surface area contributed by atoms with Crippen molar-refractivity contribution >= 4 is 6.03 Å². The minimum atomic E-state index is -0.156. The lowest BCUT2D eigenvalue weighted by Gasteiger charge is -2.11. The molecule has 72 valence electrons. The topological polar surface area (TPSA) is 46.1 Å². The average Bonchev–Trinajstić information content (AvgIpc) is 2.51. The molecule has 0 aromatic carbocycles. The van der Waals surface area contributed by atoms with Gasteiger partial charge >= 0.3 is 6.03 Å². The lowest BCUT2D eigenvalue weighted by atomic mass is 10.2. The highest BCUT2D eigenvalue weighted by atomic mass is 16.2. The van der Waals surface area contributed by atoms with Crippen LogP contribution in [-0.4, -0.2) is 17.6 Å². The molecule has 0 aliphatic heterocycles.